The van der Waals surface area contributed by atoms with Crippen LogP contribution in [0.15, 0.2) is 0 Å². The molecule has 56 heteroatoms. The first kappa shape index (κ1) is 117. The van der Waals surface area contributed by atoms with Crippen LogP contribution in [-0.4, -0.2) is 467 Å². The van der Waals surface area contributed by atoms with Crippen LogP contribution in [-0.2, 0) is 114 Å². The van der Waals surface area contributed by atoms with E-state index in [1.165, 1.54) is 0 Å². The highest BCUT2D eigenvalue weighted by molar-refractivity contribution is 8.00. The van der Waals surface area contributed by atoms with Gasteiger partial charge in [-0.25, -0.2) is 0 Å². The monoisotopic (exact) mass is 2100 g/mol. The van der Waals surface area contributed by atoms with Crippen molar-refractivity contribution in [2.24, 2.45) is 45.9 Å². The Labute approximate surface area is 818 Å². The number of nitrogens with two attached hydrogens (primary N) is 8. The van der Waals surface area contributed by atoms with Crippen molar-refractivity contribution in [2.75, 3.05) is 92.0 Å². The van der Waals surface area contributed by atoms with Gasteiger partial charge in [0.15, 0.2) is 50.3 Å². The number of aliphatic hydroxyl groups excluding tert-OH is 16. The summed E-state index contributed by atoms with van der Waals surface area (Å²) in [5, 5.41) is 199. The van der Waals surface area contributed by atoms with E-state index in [2.05, 4.69) is 0 Å². The second-order valence-corrected chi connectivity index (χ2v) is 43.4. The summed E-state index contributed by atoms with van der Waals surface area (Å²) in [6.45, 7) is 0. The molecule has 48 nitrogen and oxygen atoms in total. The van der Waals surface area contributed by atoms with Crippen LogP contribution in [0, 0.1) is 0 Å². The van der Waals surface area contributed by atoms with Gasteiger partial charge in [-0.05, 0) is 97.4 Å². The van der Waals surface area contributed by atoms with Crippen molar-refractivity contribution in [1.29, 1.82) is 0 Å². The zero-order valence-corrected chi connectivity index (χ0v) is 81.1. The minimum absolute atomic E-state index is 0.0671. The van der Waals surface area contributed by atoms with Crippen molar-refractivity contribution in [1.82, 2.24) is 0 Å². The van der Waals surface area contributed by atoms with Crippen molar-refractivity contribution in [3.05, 3.63) is 0 Å². The van der Waals surface area contributed by atoms with Crippen LogP contribution in [0.4, 0.5) is 0 Å². The van der Waals surface area contributed by atoms with Gasteiger partial charge in [0, 0.05) is 97.4 Å². The van der Waals surface area contributed by atoms with Crippen molar-refractivity contribution >= 4 is 141 Å². The van der Waals surface area contributed by atoms with Crippen molar-refractivity contribution in [3.63, 3.8) is 0 Å². The van der Waals surface area contributed by atoms with Crippen molar-refractivity contribution in [3.8, 4) is 0 Å². The fourth-order valence-corrected chi connectivity index (χ4v) is 24.3. The van der Waals surface area contributed by atoms with Gasteiger partial charge in [0.05, 0.1) is 48.8 Å². The highest BCUT2D eigenvalue weighted by atomic mass is 32.2. The largest absolute Gasteiger partial charge is 0.387 e. The molecule has 0 aliphatic carbocycles. The predicted octanol–water partition coefficient (Wildman–Crippen LogP) is -9.36. The van der Waals surface area contributed by atoms with Crippen LogP contribution in [0.2, 0.25) is 0 Å². The third-order valence-corrected chi connectivity index (χ3v) is 32.5. The van der Waals surface area contributed by atoms with Gasteiger partial charge in [-0.3, -0.25) is 38.4 Å². The van der Waals surface area contributed by atoms with Crippen LogP contribution < -0.4 is 45.9 Å². The molecule has 0 saturated carbocycles. The number of ether oxygens (including phenoxy) is 16. The zero-order chi connectivity index (χ0) is 99.3. The maximum Gasteiger partial charge on any atom is 0.217 e. The van der Waals surface area contributed by atoms with Gasteiger partial charge in [0.2, 0.25) is 47.3 Å². The maximum atomic E-state index is 12.5. The van der Waals surface area contributed by atoms with Gasteiger partial charge in [-0.15, -0.1) is 0 Å². The molecule has 30 fully saturated rings. The summed E-state index contributed by atoms with van der Waals surface area (Å²) < 4.78 is 103. The fourth-order valence-electron chi connectivity index (χ4n) is 16.2. The number of primary amides is 8. The van der Waals surface area contributed by atoms with E-state index in [0.29, 0.717) is 0 Å². The number of rotatable bonds is 48. The molecule has 0 aromatic heterocycles. The SMILES string of the molecule is NC(=O)CCCSCC1O[C@@H]2O[C@@H]3C(CSCCCC(N)=O)O[C@H](O[C@@H]4C(CSCCCC(N)=O)O[C@H](O[C@@H]5C(CSCCCC(N)=O)O[C@H](O[C@@H]6C(CSCCCC(N)=O)O[C@H](O[C@@H]7C(CSCCCC(N)=O)O[C@H](O[C@@H]8C(CSCCCC(N)=O)O[C@H](O[C@@H]9C(CSCCCC(N)=O)O[C@H](O[C@H]1C(O)C2O)C(O)C9O)C(O)C8O)C(O)C7O)C(O)C6O)C(O)C5O)C(O)C4O)C(O)C3O. The quantitative estimate of drug-likeness (QED) is 0.0252. The molecule has 16 bridgehead atoms. The molecule has 30 rings (SSSR count). The summed E-state index contributed by atoms with van der Waals surface area (Å²) in [6.07, 6.45) is -75.9. The minimum Gasteiger partial charge on any atom is -0.387 e. The van der Waals surface area contributed by atoms with Gasteiger partial charge in [0.25, 0.3) is 0 Å². The summed E-state index contributed by atoms with van der Waals surface area (Å²) in [5.74, 6) is -4.98. The summed E-state index contributed by atoms with van der Waals surface area (Å²) in [7, 11) is 0. The topological polar surface area (TPSA) is 816 Å². The predicted molar refractivity (Wildman–Crippen MR) is 490 cm³/mol. The van der Waals surface area contributed by atoms with Gasteiger partial charge in [-0.2, -0.15) is 94.1 Å². The molecule has 40 atom stereocenters. The second kappa shape index (κ2) is 58.6. The molecule has 0 spiro atoms. The minimum atomic E-state index is -2.21. The third-order valence-electron chi connectivity index (χ3n) is 23.4. The molecule has 8 amide bonds. The van der Waals surface area contributed by atoms with Gasteiger partial charge in [-0.1, -0.05) is 0 Å². The van der Waals surface area contributed by atoms with Crippen LogP contribution in [0.5, 0.6) is 0 Å². The molecule has 30 saturated heterocycles. The van der Waals surface area contributed by atoms with E-state index in [1.807, 2.05) is 0 Å². The molecular weight excluding hydrogens is 1970 g/mol. The first-order valence-electron chi connectivity index (χ1n) is 45.0. The number of amides is 8. The normalized spacial score (nSPS) is 39.8. The van der Waals surface area contributed by atoms with E-state index < -0.39 is 293 Å². The number of thioether (sulfide) groups is 8. The summed E-state index contributed by atoms with van der Waals surface area (Å²) in [4.78, 5) is 95.5. The third kappa shape index (κ3) is 34.7. The number of aliphatic hydroxyl groups is 16. The van der Waals surface area contributed by atoms with E-state index in [-0.39, 0.29) is 195 Å². The molecule has 0 radical (unpaired) electrons. The van der Waals surface area contributed by atoms with Crippen LogP contribution in [0.3, 0.4) is 0 Å². The van der Waals surface area contributed by atoms with E-state index in [1.54, 1.807) is 0 Å². The lowest BCUT2D eigenvalue weighted by Crippen LogP contribution is -2.69. The van der Waals surface area contributed by atoms with Crippen LogP contribution in [0.1, 0.15) is 103 Å². The molecule has 30 heterocycles. The lowest BCUT2D eigenvalue weighted by Gasteiger charge is -2.51. The average molecular weight is 2110 g/mol. The average Bonchev–Trinajstić information content (AvgIpc) is 0.759. The van der Waals surface area contributed by atoms with Crippen molar-refractivity contribution in [2.45, 2.75) is 348 Å². The molecule has 0 aromatic rings. The van der Waals surface area contributed by atoms with E-state index in [4.69, 9.17) is 122 Å². The number of hydrogen-bond donors (Lipinski definition) is 24. The Kier molecular flexibility index (Phi) is 50.3. The molecule has 32 N–H and O–H groups in total. The highest BCUT2D eigenvalue weighted by Crippen LogP contribution is 2.43. The molecule has 784 valence electrons. The molecule has 0 aromatic carbocycles. The van der Waals surface area contributed by atoms with E-state index in [0.717, 1.165) is 94.1 Å². The summed E-state index contributed by atoms with van der Waals surface area (Å²) >= 11 is 9.04. The lowest BCUT2D eigenvalue weighted by molar-refractivity contribution is -0.396. The van der Waals surface area contributed by atoms with Crippen LogP contribution in [0.25, 0.3) is 0 Å². The first-order valence-corrected chi connectivity index (χ1v) is 54.2. The Morgan fingerprint density at radius 3 is 0.346 bits per heavy atom. The van der Waals surface area contributed by atoms with Crippen molar-refractivity contribution < 1.29 is 196 Å². The molecule has 136 heavy (non-hydrogen) atoms. The number of carbonyl (C=O) groups is 8. The number of carbonyl (C=O) groups excluding carboxylic acids is 8. The van der Waals surface area contributed by atoms with Gasteiger partial charge < -0.3 is 203 Å². The molecular formula is C80H136N8O40S8. The molecule has 30 aliphatic heterocycles. The standard InChI is InChI=1S/C80H136N8O40S8/c81-41(89)9-1-17-129-25-33-65-49(97)57(105)73(113-33)122-66-34(26-130-18-2-10-42(82)90)115-75(59(107)51(66)99)124-68-36(28-132-20-4-12-44(84)92)117-77(61(109)53(68)101)126-70-38(30-134-22-6-14-46(86)94)119-79(63(111)55(70)103)128-72-40(32-136-24-8-16-48(88)96)120-80(64(112)56(72)104)127-71-39(31-135-23-7-15-47(87)95)118-78(62(110)54(71)102)125-69-37(29-133-21-5-13-45(85)93)116-76(60(108)52(69)100)123-67-35(27-131-19-3-11-43(83)91)114-74(121-65)58(106)50(67)98/h33-40,49-80,97-112H,1-32H2,(H2,81,89)(H2,82,90)(H2,83,91)(H2,84,92)(H2,85,93)(H2,86,94)(H2,87,95)(H2,88,96)/t33?,34?,35?,36?,37?,38?,39?,40?,49?,50?,51?,52?,53?,54?,55?,56?,57?,58?,59?,60?,61?,62?,63?,64?,65-,66-,67-,68-,69-,70-,71-,72-,73-,74-,75-,76-,77-,78-,79-,80-/m1/s1. The Morgan fingerprint density at radius 1 is 0.162 bits per heavy atom. The van der Waals surface area contributed by atoms with Crippen LogP contribution >= 0.6 is 94.1 Å². The van der Waals surface area contributed by atoms with E-state index >= 15 is 0 Å². The number of hydrogen-bond acceptors (Lipinski definition) is 48. The Bertz CT molecular complexity index is 2990. The second-order valence-electron chi connectivity index (χ2n) is 34.2. The molecule has 24 unspecified atom stereocenters. The lowest BCUT2D eigenvalue weighted by atomic mass is 9.95. The smallest absolute Gasteiger partial charge is 0.217 e. The van der Waals surface area contributed by atoms with E-state index in [9.17, 15) is 120 Å². The highest BCUT2D eigenvalue weighted by Gasteiger charge is 2.61. The first-order chi connectivity index (χ1) is 64.7. The maximum absolute atomic E-state index is 12.5. The van der Waals surface area contributed by atoms with Gasteiger partial charge in [0.1, 0.15) is 146 Å². The Hall–Kier alpha value is -2.72. The van der Waals surface area contributed by atoms with Gasteiger partial charge >= 0.3 is 0 Å². The Balaban J connectivity index is 1.13. The molecule has 30 aliphatic rings. The Morgan fingerprint density at radius 2 is 0.257 bits per heavy atom. The zero-order valence-electron chi connectivity index (χ0n) is 74.6. The summed E-state index contributed by atoms with van der Waals surface area (Å²) in [5.41, 5.74) is 43.8. The fraction of sp³-hybridized carbons (Fsp3) is 0.900. The summed E-state index contributed by atoms with van der Waals surface area (Å²) in [6, 6.07) is 0.